The molecule has 1 aromatic carbocycles. The van der Waals surface area contributed by atoms with Gasteiger partial charge in [-0.2, -0.15) is 18.2 Å². The second-order valence-electron chi connectivity index (χ2n) is 6.85. The van der Waals surface area contributed by atoms with Gasteiger partial charge in [0, 0.05) is 30.8 Å². The summed E-state index contributed by atoms with van der Waals surface area (Å²) in [6.45, 7) is 0.886. The van der Waals surface area contributed by atoms with Crippen LogP contribution in [0.2, 0.25) is 0 Å². The number of alkyl halides is 3. The standard InChI is InChI=1S/C19H16F4N4O2/c20-14-5-3-11(4-6-14)18(28)27-7-1-2-12(10-27)16-25-17(29-26-16)15-8-13(9-24-15)19(21,22)23/h3-6,8-9,12,24H,1-2,7,10H2. The summed E-state index contributed by atoms with van der Waals surface area (Å²) in [6.07, 6.45) is -2.21. The number of amides is 1. The van der Waals surface area contributed by atoms with E-state index in [1.165, 1.54) is 24.3 Å². The fourth-order valence-electron chi connectivity index (χ4n) is 3.34. The Balaban J connectivity index is 1.48. The molecule has 1 N–H and O–H groups in total. The summed E-state index contributed by atoms with van der Waals surface area (Å²) in [4.78, 5) is 21.0. The minimum atomic E-state index is -4.47. The molecule has 0 radical (unpaired) electrons. The predicted molar refractivity (Wildman–Crippen MR) is 93.4 cm³/mol. The van der Waals surface area contributed by atoms with Crippen LogP contribution >= 0.6 is 0 Å². The van der Waals surface area contributed by atoms with Gasteiger partial charge in [-0.1, -0.05) is 5.16 Å². The van der Waals surface area contributed by atoms with Crippen molar-refractivity contribution in [1.82, 2.24) is 20.0 Å². The maximum Gasteiger partial charge on any atom is 0.417 e. The van der Waals surface area contributed by atoms with Crippen LogP contribution < -0.4 is 0 Å². The Kier molecular flexibility index (Phi) is 4.85. The van der Waals surface area contributed by atoms with Gasteiger partial charge >= 0.3 is 6.18 Å². The van der Waals surface area contributed by atoms with Crippen molar-refractivity contribution in [1.29, 1.82) is 0 Å². The Morgan fingerprint density at radius 2 is 2.00 bits per heavy atom. The number of halogens is 4. The van der Waals surface area contributed by atoms with E-state index < -0.39 is 17.6 Å². The Morgan fingerprint density at radius 1 is 1.24 bits per heavy atom. The minimum Gasteiger partial charge on any atom is -0.357 e. The first-order chi connectivity index (χ1) is 13.8. The number of H-pyrrole nitrogens is 1. The lowest BCUT2D eigenvalue weighted by molar-refractivity contribution is -0.137. The molecule has 1 fully saturated rings. The third-order valence-corrected chi connectivity index (χ3v) is 4.85. The zero-order valence-electron chi connectivity index (χ0n) is 15.0. The van der Waals surface area contributed by atoms with E-state index in [4.69, 9.17) is 4.52 Å². The van der Waals surface area contributed by atoms with E-state index in [0.29, 0.717) is 37.3 Å². The molecule has 1 unspecified atom stereocenters. The summed E-state index contributed by atoms with van der Waals surface area (Å²) in [6, 6.07) is 6.22. The minimum absolute atomic E-state index is 0.0440. The average molecular weight is 408 g/mol. The number of benzene rings is 1. The predicted octanol–water partition coefficient (Wildman–Crippen LogP) is 4.24. The van der Waals surface area contributed by atoms with Gasteiger partial charge in [-0.25, -0.2) is 4.39 Å². The molecule has 0 spiro atoms. The molecule has 4 rings (SSSR count). The van der Waals surface area contributed by atoms with Gasteiger partial charge in [0.05, 0.1) is 5.56 Å². The number of piperidine rings is 1. The number of likely N-dealkylation sites (tertiary alicyclic amines) is 1. The van der Waals surface area contributed by atoms with E-state index in [0.717, 1.165) is 12.3 Å². The molecule has 1 saturated heterocycles. The van der Waals surface area contributed by atoms with Crippen molar-refractivity contribution >= 4 is 5.91 Å². The Labute approximate surface area is 162 Å². The first kappa shape index (κ1) is 19.2. The van der Waals surface area contributed by atoms with E-state index in [2.05, 4.69) is 15.1 Å². The van der Waals surface area contributed by atoms with E-state index in [9.17, 15) is 22.4 Å². The van der Waals surface area contributed by atoms with Gasteiger partial charge < -0.3 is 14.4 Å². The van der Waals surface area contributed by atoms with Gasteiger partial charge in [0.25, 0.3) is 11.8 Å². The maximum atomic E-state index is 13.1. The molecule has 2 aromatic heterocycles. The van der Waals surface area contributed by atoms with Gasteiger partial charge in [0.1, 0.15) is 11.5 Å². The molecule has 6 nitrogen and oxygen atoms in total. The number of carbonyl (C=O) groups is 1. The van der Waals surface area contributed by atoms with Crippen LogP contribution in [-0.2, 0) is 6.18 Å². The van der Waals surface area contributed by atoms with Gasteiger partial charge in [-0.05, 0) is 43.2 Å². The van der Waals surface area contributed by atoms with Crippen molar-refractivity contribution in [3.8, 4) is 11.6 Å². The molecule has 3 heterocycles. The van der Waals surface area contributed by atoms with Crippen LogP contribution in [0.4, 0.5) is 17.6 Å². The highest BCUT2D eigenvalue weighted by molar-refractivity contribution is 5.94. The summed E-state index contributed by atoms with van der Waals surface area (Å²) in [5.41, 5.74) is -0.376. The van der Waals surface area contributed by atoms with Crippen LogP contribution in [0.25, 0.3) is 11.6 Å². The van der Waals surface area contributed by atoms with Crippen LogP contribution in [0.15, 0.2) is 41.1 Å². The molecular weight excluding hydrogens is 392 g/mol. The highest BCUT2D eigenvalue weighted by atomic mass is 19.4. The SMILES string of the molecule is O=C(c1ccc(F)cc1)N1CCCC(c2noc(-c3cc(C(F)(F)F)c[nH]3)n2)C1. The number of hydrogen-bond donors (Lipinski definition) is 1. The fraction of sp³-hybridized carbons (Fsp3) is 0.316. The van der Waals surface area contributed by atoms with Gasteiger partial charge in [0.2, 0.25) is 0 Å². The van der Waals surface area contributed by atoms with Crippen molar-refractivity contribution in [2.75, 3.05) is 13.1 Å². The number of aromatic amines is 1. The van der Waals surface area contributed by atoms with Crippen molar-refractivity contribution in [3.63, 3.8) is 0 Å². The highest BCUT2D eigenvalue weighted by Gasteiger charge is 2.33. The second-order valence-corrected chi connectivity index (χ2v) is 6.85. The molecule has 3 aromatic rings. The van der Waals surface area contributed by atoms with E-state index in [1.54, 1.807) is 4.90 Å². The number of carbonyl (C=O) groups excluding carboxylic acids is 1. The van der Waals surface area contributed by atoms with Crippen molar-refractivity contribution in [2.24, 2.45) is 0 Å². The normalized spacial score (nSPS) is 17.5. The largest absolute Gasteiger partial charge is 0.417 e. The Hall–Kier alpha value is -3.17. The lowest BCUT2D eigenvalue weighted by atomic mass is 9.96. The summed E-state index contributed by atoms with van der Waals surface area (Å²) in [5, 5.41) is 3.89. The molecule has 1 amide bonds. The quantitative estimate of drug-likeness (QED) is 0.658. The summed E-state index contributed by atoms with van der Waals surface area (Å²) < 4.78 is 56.4. The molecule has 29 heavy (non-hydrogen) atoms. The number of nitrogens with zero attached hydrogens (tertiary/aromatic N) is 3. The molecule has 1 aliphatic rings. The molecule has 0 saturated carbocycles. The third-order valence-electron chi connectivity index (χ3n) is 4.85. The van der Waals surface area contributed by atoms with Crippen LogP contribution in [-0.4, -0.2) is 39.0 Å². The van der Waals surface area contributed by atoms with E-state index in [1.807, 2.05) is 0 Å². The van der Waals surface area contributed by atoms with Crippen LogP contribution in [0.1, 0.15) is 40.5 Å². The van der Waals surface area contributed by atoms with Crippen molar-refractivity contribution in [2.45, 2.75) is 24.9 Å². The summed E-state index contributed by atoms with van der Waals surface area (Å²) in [5.74, 6) is -0.562. The second kappa shape index (κ2) is 7.34. The smallest absolute Gasteiger partial charge is 0.357 e. The molecular formula is C19H16F4N4O2. The van der Waals surface area contributed by atoms with Crippen molar-refractivity contribution in [3.05, 3.63) is 59.3 Å². The lowest BCUT2D eigenvalue weighted by Gasteiger charge is -2.31. The monoisotopic (exact) mass is 408 g/mol. The molecule has 0 bridgehead atoms. The Morgan fingerprint density at radius 3 is 2.69 bits per heavy atom. The first-order valence-electron chi connectivity index (χ1n) is 8.95. The molecule has 0 aliphatic carbocycles. The first-order valence-corrected chi connectivity index (χ1v) is 8.95. The highest BCUT2D eigenvalue weighted by Crippen LogP contribution is 2.32. The zero-order valence-corrected chi connectivity index (χ0v) is 15.0. The van der Waals surface area contributed by atoms with E-state index in [-0.39, 0.29) is 23.4 Å². The lowest BCUT2D eigenvalue weighted by Crippen LogP contribution is -2.39. The van der Waals surface area contributed by atoms with Crippen molar-refractivity contribution < 1.29 is 26.9 Å². The number of rotatable bonds is 3. The van der Waals surface area contributed by atoms with Gasteiger partial charge in [0.15, 0.2) is 5.82 Å². The van der Waals surface area contributed by atoms with E-state index >= 15 is 0 Å². The van der Waals surface area contributed by atoms with Crippen LogP contribution in [0, 0.1) is 5.82 Å². The zero-order chi connectivity index (χ0) is 20.6. The molecule has 1 aliphatic heterocycles. The maximum absolute atomic E-state index is 13.1. The Bertz CT molecular complexity index is 1010. The number of hydrogen-bond acceptors (Lipinski definition) is 4. The summed E-state index contributed by atoms with van der Waals surface area (Å²) in [7, 11) is 0. The number of nitrogens with one attached hydrogen (secondary N) is 1. The van der Waals surface area contributed by atoms with Crippen LogP contribution in [0.3, 0.4) is 0 Å². The average Bonchev–Trinajstić information content (AvgIpc) is 3.37. The summed E-state index contributed by atoms with van der Waals surface area (Å²) >= 11 is 0. The fourth-order valence-corrected chi connectivity index (χ4v) is 3.34. The number of aromatic nitrogens is 3. The third kappa shape index (κ3) is 4.01. The molecule has 10 heteroatoms. The topological polar surface area (TPSA) is 75.0 Å². The van der Waals surface area contributed by atoms with Gasteiger partial charge in [-0.3, -0.25) is 4.79 Å². The van der Waals surface area contributed by atoms with Crippen LogP contribution in [0.5, 0.6) is 0 Å². The molecule has 1 atom stereocenters. The van der Waals surface area contributed by atoms with Gasteiger partial charge in [-0.15, -0.1) is 0 Å². The molecule has 152 valence electrons.